The van der Waals surface area contributed by atoms with E-state index in [4.69, 9.17) is 16.3 Å². The van der Waals surface area contributed by atoms with E-state index in [1.54, 1.807) is 48.5 Å². The largest absolute Gasteiger partial charge is 0.455 e. The Labute approximate surface area is 184 Å². The molecular weight excluding hydrogens is 424 g/mol. The van der Waals surface area contributed by atoms with E-state index in [0.29, 0.717) is 16.3 Å². The normalized spacial score (nSPS) is 13.6. The van der Waals surface area contributed by atoms with Crippen molar-refractivity contribution >= 4 is 46.8 Å². The maximum atomic E-state index is 12.6. The van der Waals surface area contributed by atoms with Crippen LogP contribution in [-0.2, 0) is 14.3 Å². The maximum Gasteiger partial charge on any atom is 0.316 e. The molecule has 8 heteroatoms. The molecule has 0 bridgehead atoms. The Morgan fingerprint density at radius 2 is 1.73 bits per heavy atom. The number of thioether (sulfide) groups is 1. The molecule has 1 saturated carbocycles. The van der Waals surface area contributed by atoms with Crippen LogP contribution >= 0.6 is 23.4 Å². The summed E-state index contributed by atoms with van der Waals surface area (Å²) in [4.78, 5) is 37.5. The molecule has 1 aliphatic carbocycles. The van der Waals surface area contributed by atoms with E-state index in [1.807, 2.05) is 0 Å². The zero-order chi connectivity index (χ0) is 21.3. The van der Waals surface area contributed by atoms with Crippen LogP contribution in [0.5, 0.6) is 0 Å². The van der Waals surface area contributed by atoms with E-state index >= 15 is 0 Å². The van der Waals surface area contributed by atoms with Crippen LogP contribution in [0.25, 0.3) is 0 Å². The molecule has 0 radical (unpaired) electrons. The summed E-state index contributed by atoms with van der Waals surface area (Å²) < 4.78 is 5.03. The highest BCUT2D eigenvalue weighted by Crippen LogP contribution is 2.21. The Kier molecular flexibility index (Phi) is 8.16. The number of carbonyl (C=O) groups excluding carboxylic acids is 3. The van der Waals surface area contributed by atoms with Crippen molar-refractivity contribution in [3.63, 3.8) is 0 Å². The van der Waals surface area contributed by atoms with Gasteiger partial charge in [-0.2, -0.15) is 0 Å². The summed E-state index contributed by atoms with van der Waals surface area (Å²) in [6.07, 6.45) is 4.19. The molecule has 2 aromatic carbocycles. The topological polar surface area (TPSA) is 84.5 Å². The van der Waals surface area contributed by atoms with E-state index in [2.05, 4.69) is 10.6 Å². The average Bonchev–Trinajstić information content (AvgIpc) is 3.25. The zero-order valence-corrected chi connectivity index (χ0v) is 17.9. The molecule has 1 fully saturated rings. The van der Waals surface area contributed by atoms with E-state index in [9.17, 15) is 14.4 Å². The monoisotopic (exact) mass is 446 g/mol. The molecule has 0 saturated heterocycles. The number of esters is 1. The summed E-state index contributed by atoms with van der Waals surface area (Å²) in [6, 6.07) is 14.1. The van der Waals surface area contributed by atoms with E-state index in [-0.39, 0.29) is 17.7 Å². The van der Waals surface area contributed by atoms with Crippen molar-refractivity contribution in [3.8, 4) is 0 Å². The number of hydrogen-bond donors (Lipinski definition) is 2. The van der Waals surface area contributed by atoms with Gasteiger partial charge in [0.15, 0.2) is 6.61 Å². The number of benzene rings is 2. The number of nitrogens with one attached hydrogen (secondary N) is 2. The van der Waals surface area contributed by atoms with Crippen LogP contribution in [0.15, 0.2) is 53.4 Å². The summed E-state index contributed by atoms with van der Waals surface area (Å²) in [5.74, 6) is -1.14. The molecule has 0 heterocycles. The van der Waals surface area contributed by atoms with Crippen LogP contribution in [-0.4, -0.2) is 36.2 Å². The van der Waals surface area contributed by atoms with Crippen LogP contribution in [0.2, 0.25) is 5.02 Å². The molecule has 2 aromatic rings. The molecule has 158 valence electrons. The van der Waals surface area contributed by atoms with Gasteiger partial charge in [-0.25, -0.2) is 0 Å². The first kappa shape index (κ1) is 22.2. The van der Waals surface area contributed by atoms with E-state index in [0.717, 1.165) is 30.6 Å². The lowest BCUT2D eigenvalue weighted by Crippen LogP contribution is -2.33. The fourth-order valence-corrected chi connectivity index (χ4v) is 3.99. The van der Waals surface area contributed by atoms with Crippen LogP contribution in [0, 0.1) is 0 Å². The Morgan fingerprint density at radius 3 is 2.47 bits per heavy atom. The summed E-state index contributed by atoms with van der Waals surface area (Å²) in [5.41, 5.74) is 0.784. The van der Waals surface area contributed by atoms with Gasteiger partial charge in [0.2, 0.25) is 0 Å². The first-order valence-electron chi connectivity index (χ1n) is 9.75. The van der Waals surface area contributed by atoms with Crippen molar-refractivity contribution in [2.45, 2.75) is 36.6 Å². The second kappa shape index (κ2) is 11.0. The summed E-state index contributed by atoms with van der Waals surface area (Å²) in [6.45, 7) is -0.418. The highest BCUT2D eigenvalue weighted by molar-refractivity contribution is 8.00. The fraction of sp³-hybridized carbons (Fsp3) is 0.318. The smallest absolute Gasteiger partial charge is 0.316 e. The van der Waals surface area contributed by atoms with E-state index < -0.39 is 18.5 Å². The number of carbonyl (C=O) groups is 3. The van der Waals surface area contributed by atoms with Crippen molar-refractivity contribution in [3.05, 3.63) is 59.1 Å². The third-order valence-corrected chi connectivity index (χ3v) is 5.91. The zero-order valence-electron chi connectivity index (χ0n) is 16.4. The highest BCUT2D eigenvalue weighted by Gasteiger charge is 2.20. The number of amides is 2. The number of anilines is 1. The van der Waals surface area contributed by atoms with Crippen LogP contribution in [0.3, 0.4) is 0 Å². The minimum absolute atomic E-state index is 0.0787. The van der Waals surface area contributed by atoms with Crippen molar-refractivity contribution < 1.29 is 19.1 Å². The molecule has 2 N–H and O–H groups in total. The second-order valence-corrected chi connectivity index (χ2v) is 8.44. The standard InChI is InChI=1S/C22H23ClN2O4S/c23-15-9-11-17(12-10-15)30-14-21(27)29-13-20(26)25-19-8-4-3-7-18(19)22(28)24-16-5-1-2-6-16/h3-4,7-12,16H,1-2,5-6,13-14H2,(H,24,28)(H,25,26). The van der Waals surface area contributed by atoms with Crippen LogP contribution in [0.4, 0.5) is 5.69 Å². The average molecular weight is 447 g/mol. The number of hydrogen-bond acceptors (Lipinski definition) is 5. The van der Waals surface area contributed by atoms with Gasteiger partial charge in [-0.15, -0.1) is 11.8 Å². The van der Waals surface area contributed by atoms with Crippen LogP contribution < -0.4 is 10.6 Å². The second-order valence-electron chi connectivity index (χ2n) is 6.95. The Balaban J connectivity index is 1.46. The van der Waals surface area contributed by atoms with Gasteiger partial charge in [0.25, 0.3) is 11.8 Å². The third kappa shape index (κ3) is 6.78. The van der Waals surface area contributed by atoms with Gasteiger partial charge in [-0.05, 0) is 49.2 Å². The van der Waals surface area contributed by atoms with Crippen molar-refractivity contribution in [2.24, 2.45) is 0 Å². The van der Waals surface area contributed by atoms with Gasteiger partial charge in [0.05, 0.1) is 17.0 Å². The Morgan fingerprint density at radius 1 is 1.03 bits per heavy atom. The number of ether oxygens (including phenoxy) is 1. The molecule has 6 nitrogen and oxygen atoms in total. The summed E-state index contributed by atoms with van der Waals surface area (Å²) in [7, 11) is 0. The predicted molar refractivity (Wildman–Crippen MR) is 118 cm³/mol. The van der Waals surface area contributed by atoms with Gasteiger partial charge >= 0.3 is 5.97 Å². The summed E-state index contributed by atoms with van der Waals surface area (Å²) in [5, 5.41) is 6.28. The molecule has 0 aliphatic heterocycles. The molecule has 0 aromatic heterocycles. The van der Waals surface area contributed by atoms with Gasteiger partial charge in [-0.1, -0.05) is 36.6 Å². The van der Waals surface area contributed by atoms with Crippen molar-refractivity contribution in [1.82, 2.24) is 5.32 Å². The SMILES string of the molecule is O=C(COC(=O)CSc1ccc(Cl)cc1)Nc1ccccc1C(=O)NC1CCCC1. The van der Waals surface area contributed by atoms with Gasteiger partial charge in [-0.3, -0.25) is 14.4 Å². The first-order valence-corrected chi connectivity index (χ1v) is 11.1. The Hall–Kier alpha value is -2.51. The highest BCUT2D eigenvalue weighted by atomic mass is 35.5. The molecule has 3 rings (SSSR count). The maximum absolute atomic E-state index is 12.6. The molecule has 30 heavy (non-hydrogen) atoms. The lowest BCUT2D eigenvalue weighted by Gasteiger charge is -2.15. The number of para-hydroxylation sites is 1. The quantitative estimate of drug-likeness (QED) is 0.467. The molecule has 1 aliphatic rings. The minimum atomic E-state index is -0.502. The van der Waals surface area contributed by atoms with Crippen molar-refractivity contribution in [2.75, 3.05) is 17.7 Å². The lowest BCUT2D eigenvalue weighted by atomic mass is 10.1. The molecule has 0 spiro atoms. The third-order valence-electron chi connectivity index (χ3n) is 4.67. The Bertz CT molecular complexity index is 898. The first-order chi connectivity index (χ1) is 14.5. The number of halogens is 1. The fourth-order valence-electron chi connectivity index (χ4n) is 3.17. The number of rotatable bonds is 8. The predicted octanol–water partition coefficient (Wildman–Crippen LogP) is 4.29. The molecule has 0 unspecified atom stereocenters. The van der Waals surface area contributed by atoms with Gasteiger partial charge in [0.1, 0.15) is 0 Å². The van der Waals surface area contributed by atoms with Crippen LogP contribution in [0.1, 0.15) is 36.0 Å². The molecule has 0 atom stereocenters. The molecule has 2 amide bonds. The van der Waals surface area contributed by atoms with E-state index in [1.165, 1.54) is 11.8 Å². The lowest BCUT2D eigenvalue weighted by molar-refractivity contribution is -0.144. The van der Waals surface area contributed by atoms with Gasteiger partial charge < -0.3 is 15.4 Å². The molecular formula is C22H23ClN2O4S. The van der Waals surface area contributed by atoms with Gasteiger partial charge in [0, 0.05) is 16.0 Å². The minimum Gasteiger partial charge on any atom is -0.455 e. The van der Waals surface area contributed by atoms with Crippen molar-refractivity contribution in [1.29, 1.82) is 0 Å². The summed E-state index contributed by atoms with van der Waals surface area (Å²) >= 11 is 7.12.